The largest absolute Gasteiger partial charge is 0.355 e. The van der Waals surface area contributed by atoms with Gasteiger partial charge in [0, 0.05) is 18.4 Å². The second-order valence-corrected chi connectivity index (χ2v) is 6.92. The van der Waals surface area contributed by atoms with E-state index in [0.29, 0.717) is 11.8 Å². The molecule has 3 aliphatic rings. The number of pyridine rings is 1. The molecule has 1 heterocycles. The van der Waals surface area contributed by atoms with Crippen LogP contribution in [0.2, 0.25) is 0 Å². The van der Waals surface area contributed by atoms with Gasteiger partial charge in [-0.1, -0.05) is 31.6 Å². The minimum absolute atomic E-state index is 0.0656. The molecule has 0 aliphatic heterocycles. The Bertz CT molecular complexity index is 548. The number of amides is 1. The predicted molar refractivity (Wildman–Crippen MR) is 83.6 cm³/mol. The zero-order valence-electron chi connectivity index (χ0n) is 12.9. The molecule has 3 nitrogen and oxygen atoms in total. The van der Waals surface area contributed by atoms with Gasteiger partial charge in [-0.15, -0.1) is 0 Å². The summed E-state index contributed by atoms with van der Waals surface area (Å²) in [5, 5.41) is 3.02. The van der Waals surface area contributed by atoms with Gasteiger partial charge in [-0.25, -0.2) is 0 Å². The maximum atomic E-state index is 11.9. The molecular weight excluding hydrogens is 260 g/mol. The highest BCUT2D eigenvalue weighted by molar-refractivity contribution is 5.78. The minimum atomic E-state index is 0.0656. The SMILES string of the molecule is CC1(C)[C@H]2CC=C(CCNC(=O)Cc3ccccn3)[C@@H]1C2. The summed E-state index contributed by atoms with van der Waals surface area (Å²) in [7, 11) is 0. The summed E-state index contributed by atoms with van der Waals surface area (Å²) in [5.74, 6) is 1.68. The van der Waals surface area contributed by atoms with Crippen molar-refractivity contribution < 1.29 is 4.79 Å². The number of carbonyl (C=O) groups is 1. The van der Waals surface area contributed by atoms with E-state index in [0.717, 1.165) is 30.5 Å². The van der Waals surface area contributed by atoms with Crippen LogP contribution in [-0.4, -0.2) is 17.4 Å². The van der Waals surface area contributed by atoms with Gasteiger partial charge in [-0.05, 0) is 48.6 Å². The van der Waals surface area contributed by atoms with Gasteiger partial charge in [-0.2, -0.15) is 0 Å². The number of allylic oxidation sites excluding steroid dienone is 1. The Labute approximate surface area is 126 Å². The third kappa shape index (κ3) is 2.87. The summed E-state index contributed by atoms with van der Waals surface area (Å²) in [4.78, 5) is 16.1. The van der Waals surface area contributed by atoms with E-state index in [2.05, 4.69) is 30.2 Å². The van der Waals surface area contributed by atoms with Crippen molar-refractivity contribution in [2.75, 3.05) is 6.54 Å². The van der Waals surface area contributed by atoms with Gasteiger partial charge in [0.25, 0.3) is 0 Å². The highest BCUT2D eigenvalue weighted by atomic mass is 16.1. The molecule has 0 unspecified atom stereocenters. The van der Waals surface area contributed by atoms with Crippen LogP contribution < -0.4 is 5.32 Å². The highest BCUT2D eigenvalue weighted by Gasteiger charge is 2.50. The average molecular weight is 284 g/mol. The third-order valence-electron chi connectivity index (χ3n) is 5.39. The Morgan fingerprint density at radius 2 is 2.29 bits per heavy atom. The maximum Gasteiger partial charge on any atom is 0.226 e. The standard InChI is InChI=1S/C18H24N2O/c1-18(2)14-7-6-13(16(18)11-14)8-10-20-17(21)12-15-5-3-4-9-19-15/h3-6,9,14,16H,7-8,10-12H2,1-2H3,(H,20,21)/t14-,16-/m0/s1. The fourth-order valence-electron chi connectivity index (χ4n) is 3.83. The van der Waals surface area contributed by atoms with Crippen LogP contribution in [0.4, 0.5) is 0 Å². The summed E-state index contributed by atoms with van der Waals surface area (Å²) in [6, 6.07) is 5.67. The lowest BCUT2D eigenvalue weighted by Gasteiger charge is -2.56. The average Bonchev–Trinajstić information content (AvgIpc) is 2.48. The van der Waals surface area contributed by atoms with Crippen molar-refractivity contribution in [1.29, 1.82) is 0 Å². The van der Waals surface area contributed by atoms with Crippen LogP contribution in [0.15, 0.2) is 36.0 Å². The molecule has 21 heavy (non-hydrogen) atoms. The normalized spacial score (nSPS) is 25.7. The highest BCUT2D eigenvalue weighted by Crippen LogP contribution is 2.59. The summed E-state index contributed by atoms with van der Waals surface area (Å²) in [6.07, 6.45) is 8.08. The minimum Gasteiger partial charge on any atom is -0.355 e. The fraction of sp³-hybridized carbons (Fsp3) is 0.556. The molecule has 2 bridgehead atoms. The Kier molecular flexibility index (Phi) is 3.83. The van der Waals surface area contributed by atoms with Crippen molar-refractivity contribution >= 4 is 5.91 Å². The molecule has 0 aromatic carbocycles. The van der Waals surface area contributed by atoms with E-state index in [9.17, 15) is 4.79 Å². The van der Waals surface area contributed by atoms with Crippen molar-refractivity contribution in [3.63, 3.8) is 0 Å². The second-order valence-electron chi connectivity index (χ2n) is 6.92. The summed E-state index contributed by atoms with van der Waals surface area (Å²) >= 11 is 0. The molecule has 1 aromatic rings. The number of fused-ring (bicyclic) bond motifs is 1. The quantitative estimate of drug-likeness (QED) is 0.844. The molecule has 3 heteroatoms. The van der Waals surface area contributed by atoms with E-state index in [1.165, 1.54) is 12.8 Å². The first-order valence-corrected chi connectivity index (χ1v) is 7.93. The summed E-state index contributed by atoms with van der Waals surface area (Å²) in [6.45, 7) is 5.52. The van der Waals surface area contributed by atoms with Crippen molar-refractivity contribution in [1.82, 2.24) is 10.3 Å². The Morgan fingerprint density at radius 3 is 2.95 bits per heavy atom. The van der Waals surface area contributed by atoms with Crippen LogP contribution in [0.5, 0.6) is 0 Å². The summed E-state index contributed by atoms with van der Waals surface area (Å²) < 4.78 is 0. The first-order valence-electron chi connectivity index (χ1n) is 7.93. The topological polar surface area (TPSA) is 42.0 Å². The van der Waals surface area contributed by atoms with Crippen LogP contribution in [0.1, 0.15) is 38.8 Å². The Morgan fingerprint density at radius 1 is 1.43 bits per heavy atom. The number of hydrogen-bond donors (Lipinski definition) is 1. The van der Waals surface area contributed by atoms with E-state index < -0.39 is 0 Å². The molecule has 1 aromatic heterocycles. The molecule has 1 fully saturated rings. The number of aromatic nitrogens is 1. The van der Waals surface area contributed by atoms with Gasteiger partial charge in [0.15, 0.2) is 0 Å². The molecular formula is C18H24N2O. The monoisotopic (exact) mass is 284 g/mol. The smallest absolute Gasteiger partial charge is 0.226 e. The van der Waals surface area contributed by atoms with Crippen LogP contribution in [0.25, 0.3) is 0 Å². The van der Waals surface area contributed by atoms with E-state index in [4.69, 9.17) is 0 Å². The van der Waals surface area contributed by atoms with Crippen molar-refractivity contribution in [2.24, 2.45) is 17.3 Å². The number of nitrogens with zero attached hydrogens (tertiary/aromatic N) is 1. The van der Waals surface area contributed by atoms with Gasteiger partial charge in [0.05, 0.1) is 6.42 Å². The van der Waals surface area contributed by atoms with E-state index in [-0.39, 0.29) is 5.91 Å². The van der Waals surface area contributed by atoms with Gasteiger partial charge in [-0.3, -0.25) is 9.78 Å². The zero-order chi connectivity index (χ0) is 14.9. The Balaban J connectivity index is 1.44. The van der Waals surface area contributed by atoms with E-state index in [1.807, 2.05) is 18.2 Å². The third-order valence-corrected chi connectivity index (χ3v) is 5.39. The number of hydrogen-bond acceptors (Lipinski definition) is 2. The maximum absolute atomic E-state index is 11.9. The van der Waals surface area contributed by atoms with Crippen molar-refractivity contribution in [3.05, 3.63) is 41.7 Å². The van der Waals surface area contributed by atoms with E-state index >= 15 is 0 Å². The van der Waals surface area contributed by atoms with Crippen molar-refractivity contribution in [3.8, 4) is 0 Å². The molecule has 1 N–H and O–H groups in total. The first kappa shape index (κ1) is 14.3. The van der Waals surface area contributed by atoms with Crippen LogP contribution >= 0.6 is 0 Å². The van der Waals surface area contributed by atoms with Gasteiger partial charge in [0.2, 0.25) is 5.91 Å². The lowest BCUT2D eigenvalue weighted by atomic mass is 9.48. The molecule has 0 radical (unpaired) electrons. The number of rotatable bonds is 5. The van der Waals surface area contributed by atoms with Crippen molar-refractivity contribution in [2.45, 2.75) is 39.5 Å². The molecule has 0 spiro atoms. The van der Waals surface area contributed by atoms with Gasteiger partial charge in [0.1, 0.15) is 0 Å². The molecule has 1 amide bonds. The number of nitrogens with one attached hydrogen (secondary N) is 1. The van der Waals surface area contributed by atoms with Gasteiger partial charge < -0.3 is 5.32 Å². The lowest BCUT2D eigenvalue weighted by Crippen LogP contribution is -2.48. The zero-order valence-corrected chi connectivity index (χ0v) is 12.9. The lowest BCUT2D eigenvalue weighted by molar-refractivity contribution is -0.120. The molecule has 2 atom stereocenters. The molecule has 1 saturated carbocycles. The fourth-order valence-corrected chi connectivity index (χ4v) is 3.83. The molecule has 0 saturated heterocycles. The molecule has 3 aliphatic carbocycles. The summed E-state index contributed by atoms with van der Waals surface area (Å²) in [5.41, 5.74) is 2.86. The van der Waals surface area contributed by atoms with Crippen LogP contribution in [-0.2, 0) is 11.2 Å². The Hall–Kier alpha value is -1.64. The van der Waals surface area contributed by atoms with Crippen LogP contribution in [0, 0.1) is 17.3 Å². The van der Waals surface area contributed by atoms with Gasteiger partial charge >= 0.3 is 0 Å². The predicted octanol–water partition coefficient (Wildman–Crippen LogP) is 3.12. The first-order chi connectivity index (χ1) is 10.1. The second kappa shape index (κ2) is 5.63. The van der Waals surface area contributed by atoms with E-state index in [1.54, 1.807) is 11.8 Å². The molecule has 112 valence electrons. The number of carbonyl (C=O) groups excluding carboxylic acids is 1. The molecule has 4 rings (SSSR count). The van der Waals surface area contributed by atoms with Crippen LogP contribution in [0.3, 0.4) is 0 Å².